The van der Waals surface area contributed by atoms with Crippen molar-refractivity contribution < 1.29 is 13.2 Å². The maximum atomic E-state index is 12.9. The van der Waals surface area contributed by atoms with Crippen LogP contribution in [-0.4, -0.2) is 0 Å². The fourth-order valence-electron chi connectivity index (χ4n) is 2.34. The van der Waals surface area contributed by atoms with E-state index in [0.717, 1.165) is 19.3 Å². The van der Waals surface area contributed by atoms with Crippen LogP contribution in [0.1, 0.15) is 42.9 Å². The van der Waals surface area contributed by atoms with Crippen molar-refractivity contribution in [2.45, 2.75) is 37.9 Å². The number of nitrogens with one attached hydrogen (secondary N) is 1. The zero-order valence-electron chi connectivity index (χ0n) is 10.3. The Bertz CT molecular complexity index is 444. The minimum absolute atomic E-state index is 0.0585. The van der Waals surface area contributed by atoms with Gasteiger partial charge in [0.05, 0.1) is 5.56 Å². The second kappa shape index (κ2) is 5.81. The Labute approximate surface area is 118 Å². The molecule has 1 unspecified atom stereocenters. The van der Waals surface area contributed by atoms with Crippen LogP contribution < -0.4 is 11.3 Å². The molecule has 1 atom stereocenters. The molecule has 1 aliphatic rings. The number of rotatable bonds is 4. The highest BCUT2D eigenvalue weighted by molar-refractivity contribution is 9.10. The summed E-state index contributed by atoms with van der Waals surface area (Å²) in [6, 6.07) is 4.07. The van der Waals surface area contributed by atoms with Crippen LogP contribution in [0.15, 0.2) is 22.7 Å². The van der Waals surface area contributed by atoms with Crippen LogP contribution in [0.2, 0.25) is 0 Å². The number of hydrogen-bond donors (Lipinski definition) is 2. The molecule has 1 saturated carbocycles. The lowest BCUT2D eigenvalue weighted by atomic mass is 9.79. The van der Waals surface area contributed by atoms with Crippen LogP contribution in [-0.2, 0) is 6.18 Å². The third-order valence-electron chi connectivity index (χ3n) is 3.69. The Morgan fingerprint density at radius 1 is 1.37 bits per heavy atom. The number of alkyl halides is 3. The van der Waals surface area contributed by atoms with Gasteiger partial charge in [-0.2, -0.15) is 13.2 Å². The number of hydrogen-bond acceptors (Lipinski definition) is 2. The summed E-state index contributed by atoms with van der Waals surface area (Å²) in [6.45, 7) is 0. The average Bonchev–Trinajstić information content (AvgIpc) is 2.28. The number of benzene rings is 1. The van der Waals surface area contributed by atoms with Crippen molar-refractivity contribution in [1.29, 1.82) is 0 Å². The van der Waals surface area contributed by atoms with E-state index in [1.807, 2.05) is 0 Å². The molecular formula is C13H16BrF3N2. The zero-order chi connectivity index (χ0) is 14.0. The summed E-state index contributed by atoms with van der Waals surface area (Å²) in [7, 11) is 0. The van der Waals surface area contributed by atoms with Gasteiger partial charge in [-0.3, -0.25) is 11.3 Å². The van der Waals surface area contributed by atoms with Gasteiger partial charge in [-0.05, 0) is 30.0 Å². The Morgan fingerprint density at radius 3 is 2.53 bits per heavy atom. The maximum Gasteiger partial charge on any atom is 0.417 e. The van der Waals surface area contributed by atoms with E-state index in [0.29, 0.717) is 11.5 Å². The van der Waals surface area contributed by atoms with Crippen molar-refractivity contribution in [3.8, 4) is 0 Å². The van der Waals surface area contributed by atoms with Crippen molar-refractivity contribution >= 4 is 15.9 Å². The highest BCUT2D eigenvalue weighted by Gasteiger charge is 2.34. The van der Waals surface area contributed by atoms with Crippen LogP contribution in [0, 0.1) is 5.92 Å². The monoisotopic (exact) mass is 336 g/mol. The third kappa shape index (κ3) is 3.49. The molecule has 0 saturated heterocycles. The highest BCUT2D eigenvalue weighted by atomic mass is 79.9. The smallest absolute Gasteiger partial charge is 0.271 e. The third-order valence-corrected chi connectivity index (χ3v) is 4.38. The van der Waals surface area contributed by atoms with Crippen molar-refractivity contribution in [3.05, 3.63) is 33.8 Å². The molecule has 0 aliphatic heterocycles. The fraction of sp³-hybridized carbons (Fsp3) is 0.538. The average molecular weight is 337 g/mol. The van der Waals surface area contributed by atoms with Gasteiger partial charge in [0, 0.05) is 10.5 Å². The van der Waals surface area contributed by atoms with E-state index in [1.165, 1.54) is 18.6 Å². The summed E-state index contributed by atoms with van der Waals surface area (Å²) in [5, 5.41) is 0. The standard InChI is InChI=1S/C13H16BrF3N2/c14-11-5-4-9(7-10(11)13(15,16)17)12(19-18)6-8-2-1-3-8/h4-5,7-8,12,19H,1-3,6,18H2. The van der Waals surface area contributed by atoms with Gasteiger partial charge in [0.25, 0.3) is 0 Å². The predicted octanol–water partition coefficient (Wildman–Crippen LogP) is 4.16. The molecule has 0 heterocycles. The van der Waals surface area contributed by atoms with Gasteiger partial charge in [0.1, 0.15) is 0 Å². The van der Waals surface area contributed by atoms with Crippen LogP contribution in [0.3, 0.4) is 0 Å². The van der Waals surface area contributed by atoms with Crippen LogP contribution in [0.4, 0.5) is 13.2 Å². The van der Waals surface area contributed by atoms with Gasteiger partial charge < -0.3 is 0 Å². The summed E-state index contributed by atoms with van der Waals surface area (Å²) in [4.78, 5) is 0. The SMILES string of the molecule is NNC(CC1CCC1)c1ccc(Br)c(C(F)(F)F)c1. The van der Waals surface area contributed by atoms with E-state index >= 15 is 0 Å². The molecule has 6 heteroatoms. The lowest BCUT2D eigenvalue weighted by Crippen LogP contribution is -2.31. The number of hydrazine groups is 1. The lowest BCUT2D eigenvalue weighted by Gasteiger charge is -2.29. The topological polar surface area (TPSA) is 38.0 Å². The Balaban J connectivity index is 2.22. The first-order chi connectivity index (χ1) is 8.91. The molecule has 2 rings (SSSR count). The summed E-state index contributed by atoms with van der Waals surface area (Å²) in [5.74, 6) is 6.05. The summed E-state index contributed by atoms with van der Waals surface area (Å²) in [6.07, 6.45) is -0.0857. The summed E-state index contributed by atoms with van der Waals surface area (Å²) >= 11 is 2.94. The van der Waals surface area contributed by atoms with E-state index < -0.39 is 11.7 Å². The first-order valence-electron chi connectivity index (χ1n) is 6.24. The summed E-state index contributed by atoms with van der Waals surface area (Å²) < 4.78 is 38.6. The molecule has 0 aromatic heterocycles. The molecule has 106 valence electrons. The minimum atomic E-state index is -4.36. The largest absolute Gasteiger partial charge is 0.417 e. The first kappa shape index (κ1) is 14.8. The lowest BCUT2D eigenvalue weighted by molar-refractivity contribution is -0.138. The van der Waals surface area contributed by atoms with E-state index in [-0.39, 0.29) is 10.5 Å². The van der Waals surface area contributed by atoms with E-state index in [4.69, 9.17) is 5.84 Å². The molecule has 1 fully saturated rings. The minimum Gasteiger partial charge on any atom is -0.271 e. The van der Waals surface area contributed by atoms with E-state index in [9.17, 15) is 13.2 Å². The van der Waals surface area contributed by atoms with Crippen molar-refractivity contribution in [3.63, 3.8) is 0 Å². The van der Waals surface area contributed by atoms with Gasteiger partial charge in [0.2, 0.25) is 0 Å². The first-order valence-corrected chi connectivity index (χ1v) is 7.04. The molecule has 0 spiro atoms. The molecule has 1 aromatic carbocycles. The second-order valence-corrected chi connectivity index (χ2v) is 5.84. The normalized spacial score (nSPS) is 18.2. The maximum absolute atomic E-state index is 12.9. The molecular weight excluding hydrogens is 321 g/mol. The van der Waals surface area contributed by atoms with E-state index in [1.54, 1.807) is 6.07 Å². The Hall–Kier alpha value is -0.590. The molecule has 1 aliphatic carbocycles. The van der Waals surface area contributed by atoms with Crippen molar-refractivity contribution in [1.82, 2.24) is 5.43 Å². The fourth-order valence-corrected chi connectivity index (χ4v) is 2.81. The van der Waals surface area contributed by atoms with Gasteiger partial charge in [0.15, 0.2) is 0 Å². The molecule has 0 amide bonds. The number of halogens is 4. The van der Waals surface area contributed by atoms with Gasteiger partial charge >= 0.3 is 6.18 Å². The van der Waals surface area contributed by atoms with Gasteiger partial charge in [-0.25, -0.2) is 0 Å². The Morgan fingerprint density at radius 2 is 2.05 bits per heavy atom. The predicted molar refractivity (Wildman–Crippen MR) is 71.2 cm³/mol. The molecule has 2 nitrogen and oxygen atoms in total. The van der Waals surface area contributed by atoms with Crippen LogP contribution in [0.25, 0.3) is 0 Å². The van der Waals surface area contributed by atoms with E-state index in [2.05, 4.69) is 21.4 Å². The quantitative estimate of drug-likeness (QED) is 0.639. The Kier molecular flexibility index (Phi) is 4.53. The molecule has 3 N–H and O–H groups in total. The molecule has 1 aromatic rings. The highest BCUT2D eigenvalue weighted by Crippen LogP contribution is 2.38. The molecule has 0 radical (unpaired) electrons. The van der Waals surface area contributed by atoms with Crippen LogP contribution in [0.5, 0.6) is 0 Å². The summed E-state index contributed by atoms with van der Waals surface area (Å²) in [5.41, 5.74) is 2.57. The van der Waals surface area contributed by atoms with Gasteiger partial charge in [-0.1, -0.05) is 41.3 Å². The molecule has 0 bridgehead atoms. The molecule has 19 heavy (non-hydrogen) atoms. The second-order valence-electron chi connectivity index (χ2n) is 4.99. The van der Waals surface area contributed by atoms with Crippen molar-refractivity contribution in [2.75, 3.05) is 0 Å². The zero-order valence-corrected chi connectivity index (χ0v) is 11.9. The number of nitrogens with two attached hydrogens (primary N) is 1. The van der Waals surface area contributed by atoms with Crippen LogP contribution >= 0.6 is 15.9 Å². The van der Waals surface area contributed by atoms with Crippen molar-refractivity contribution in [2.24, 2.45) is 11.8 Å². The van der Waals surface area contributed by atoms with Gasteiger partial charge in [-0.15, -0.1) is 0 Å².